The maximum atomic E-state index is 13.6. The van der Waals surface area contributed by atoms with E-state index in [4.69, 9.17) is 10.5 Å². The van der Waals surface area contributed by atoms with E-state index in [0.29, 0.717) is 6.42 Å². The van der Waals surface area contributed by atoms with Crippen molar-refractivity contribution in [3.05, 3.63) is 63.0 Å². The highest BCUT2D eigenvalue weighted by atomic mass is 127. The molecule has 2 rings (SSSR count). The smallest absolute Gasteiger partial charge is 0.165 e. The van der Waals surface area contributed by atoms with Crippen LogP contribution in [0.2, 0.25) is 0 Å². The van der Waals surface area contributed by atoms with E-state index in [9.17, 15) is 4.39 Å². The molecule has 0 amide bonds. The summed E-state index contributed by atoms with van der Waals surface area (Å²) in [6.45, 7) is 0. The van der Waals surface area contributed by atoms with Gasteiger partial charge in [-0.25, -0.2) is 4.39 Å². The SMILES string of the molecule is COc1ccc(CC(N)c2cccc(I)c2)cc1F. The molecule has 0 saturated heterocycles. The van der Waals surface area contributed by atoms with Gasteiger partial charge in [-0.1, -0.05) is 18.2 Å². The van der Waals surface area contributed by atoms with Crippen molar-refractivity contribution in [3.8, 4) is 5.75 Å². The van der Waals surface area contributed by atoms with Crippen LogP contribution in [0.5, 0.6) is 5.75 Å². The van der Waals surface area contributed by atoms with Crippen molar-refractivity contribution < 1.29 is 9.13 Å². The van der Waals surface area contributed by atoms with E-state index < -0.39 is 0 Å². The van der Waals surface area contributed by atoms with Crippen LogP contribution in [0.15, 0.2) is 42.5 Å². The lowest BCUT2D eigenvalue weighted by molar-refractivity contribution is 0.386. The lowest BCUT2D eigenvalue weighted by Gasteiger charge is -2.13. The fraction of sp³-hybridized carbons (Fsp3) is 0.200. The Balaban J connectivity index is 2.14. The molecule has 1 atom stereocenters. The van der Waals surface area contributed by atoms with Gasteiger partial charge in [0.1, 0.15) is 0 Å². The zero-order valence-corrected chi connectivity index (χ0v) is 12.7. The van der Waals surface area contributed by atoms with Gasteiger partial charge in [0.25, 0.3) is 0 Å². The van der Waals surface area contributed by atoms with Gasteiger partial charge < -0.3 is 10.5 Å². The lowest BCUT2D eigenvalue weighted by Crippen LogP contribution is -2.13. The molecule has 2 aromatic carbocycles. The topological polar surface area (TPSA) is 35.2 Å². The lowest BCUT2D eigenvalue weighted by atomic mass is 9.99. The van der Waals surface area contributed by atoms with Gasteiger partial charge in [0, 0.05) is 9.61 Å². The highest BCUT2D eigenvalue weighted by Crippen LogP contribution is 2.22. The Morgan fingerprint density at radius 3 is 2.68 bits per heavy atom. The minimum absolute atomic E-state index is 0.137. The normalized spacial score (nSPS) is 12.2. The molecule has 2 aromatic rings. The summed E-state index contributed by atoms with van der Waals surface area (Å²) in [6, 6.07) is 12.9. The zero-order valence-electron chi connectivity index (χ0n) is 10.6. The molecule has 0 aliphatic carbocycles. The first-order valence-electron chi connectivity index (χ1n) is 5.93. The van der Waals surface area contributed by atoms with Gasteiger partial charge in [-0.05, 0) is 64.4 Å². The maximum absolute atomic E-state index is 13.6. The first-order valence-corrected chi connectivity index (χ1v) is 7.01. The Bertz CT molecular complexity index is 574. The van der Waals surface area contributed by atoms with Crippen LogP contribution in [0, 0.1) is 9.39 Å². The average Bonchev–Trinajstić information content (AvgIpc) is 2.39. The van der Waals surface area contributed by atoms with Crippen molar-refractivity contribution in [2.75, 3.05) is 7.11 Å². The second kappa shape index (κ2) is 6.34. The van der Waals surface area contributed by atoms with Crippen LogP contribution in [-0.4, -0.2) is 7.11 Å². The summed E-state index contributed by atoms with van der Waals surface area (Å²) in [5.41, 5.74) is 8.08. The molecule has 1 unspecified atom stereocenters. The standard InChI is InChI=1S/C15H15FINO/c1-19-15-6-5-10(7-13(15)16)8-14(18)11-3-2-4-12(17)9-11/h2-7,9,14H,8,18H2,1H3. The summed E-state index contributed by atoms with van der Waals surface area (Å²) >= 11 is 2.25. The Morgan fingerprint density at radius 2 is 2.05 bits per heavy atom. The minimum Gasteiger partial charge on any atom is -0.494 e. The van der Waals surface area contributed by atoms with E-state index >= 15 is 0 Å². The van der Waals surface area contributed by atoms with Gasteiger partial charge in [-0.2, -0.15) is 0 Å². The fourth-order valence-corrected chi connectivity index (χ4v) is 2.51. The van der Waals surface area contributed by atoms with Crippen LogP contribution in [0.1, 0.15) is 17.2 Å². The third-order valence-electron chi connectivity index (χ3n) is 2.95. The summed E-state index contributed by atoms with van der Waals surface area (Å²) in [5, 5.41) is 0. The third-order valence-corrected chi connectivity index (χ3v) is 3.62. The van der Waals surface area contributed by atoms with Crippen molar-refractivity contribution >= 4 is 22.6 Å². The monoisotopic (exact) mass is 371 g/mol. The fourth-order valence-electron chi connectivity index (χ4n) is 1.95. The largest absolute Gasteiger partial charge is 0.494 e. The molecule has 0 fully saturated rings. The van der Waals surface area contributed by atoms with Crippen molar-refractivity contribution in [2.24, 2.45) is 5.73 Å². The van der Waals surface area contributed by atoms with Crippen molar-refractivity contribution in [3.63, 3.8) is 0 Å². The Morgan fingerprint density at radius 1 is 1.26 bits per heavy atom. The van der Waals surface area contributed by atoms with Gasteiger partial charge in [0.15, 0.2) is 11.6 Å². The number of hydrogen-bond donors (Lipinski definition) is 1. The molecule has 100 valence electrons. The number of methoxy groups -OCH3 is 1. The van der Waals surface area contributed by atoms with E-state index in [1.807, 2.05) is 30.3 Å². The van der Waals surface area contributed by atoms with Gasteiger partial charge in [0.05, 0.1) is 7.11 Å². The quantitative estimate of drug-likeness (QED) is 0.833. The minimum atomic E-state index is -0.352. The number of nitrogens with two attached hydrogens (primary N) is 1. The molecule has 0 aliphatic heterocycles. The van der Waals surface area contributed by atoms with Gasteiger partial charge >= 0.3 is 0 Å². The predicted octanol–water partition coefficient (Wildman–Crippen LogP) is 3.68. The molecule has 4 heteroatoms. The Labute approximate surface area is 125 Å². The van der Waals surface area contributed by atoms with E-state index in [1.54, 1.807) is 6.07 Å². The van der Waals surface area contributed by atoms with Gasteiger partial charge in [-0.15, -0.1) is 0 Å². The number of hydrogen-bond acceptors (Lipinski definition) is 2. The molecule has 2 nitrogen and oxygen atoms in total. The highest BCUT2D eigenvalue weighted by molar-refractivity contribution is 14.1. The van der Waals surface area contributed by atoms with Gasteiger partial charge in [0.2, 0.25) is 0 Å². The van der Waals surface area contributed by atoms with Crippen LogP contribution < -0.4 is 10.5 Å². The third kappa shape index (κ3) is 3.67. The van der Waals surface area contributed by atoms with Crippen molar-refractivity contribution in [1.29, 1.82) is 0 Å². The van der Waals surface area contributed by atoms with Crippen LogP contribution in [0.25, 0.3) is 0 Å². The maximum Gasteiger partial charge on any atom is 0.165 e. The van der Waals surface area contributed by atoms with Gasteiger partial charge in [-0.3, -0.25) is 0 Å². The van der Waals surface area contributed by atoms with Crippen molar-refractivity contribution in [2.45, 2.75) is 12.5 Å². The summed E-state index contributed by atoms with van der Waals surface area (Å²) in [4.78, 5) is 0. The van der Waals surface area contributed by atoms with E-state index in [1.165, 1.54) is 13.2 Å². The summed E-state index contributed by atoms with van der Waals surface area (Å²) in [7, 11) is 1.45. The molecular weight excluding hydrogens is 356 g/mol. The molecular formula is C15H15FINO. The Hall–Kier alpha value is -1.14. The predicted molar refractivity (Wildman–Crippen MR) is 82.7 cm³/mol. The molecule has 0 radical (unpaired) electrons. The molecule has 0 saturated carbocycles. The molecule has 19 heavy (non-hydrogen) atoms. The second-order valence-corrected chi connectivity index (χ2v) is 5.58. The molecule has 0 bridgehead atoms. The number of rotatable bonds is 4. The molecule has 0 aromatic heterocycles. The molecule has 0 spiro atoms. The summed E-state index contributed by atoms with van der Waals surface area (Å²) in [6.07, 6.45) is 0.598. The van der Waals surface area contributed by atoms with E-state index in [2.05, 4.69) is 22.6 Å². The first kappa shape index (κ1) is 14.3. The van der Waals surface area contributed by atoms with Crippen LogP contribution in [0.4, 0.5) is 4.39 Å². The Kier molecular flexibility index (Phi) is 4.76. The number of halogens is 2. The van der Waals surface area contributed by atoms with Crippen LogP contribution in [0.3, 0.4) is 0 Å². The zero-order chi connectivity index (χ0) is 13.8. The second-order valence-electron chi connectivity index (χ2n) is 4.33. The van der Waals surface area contributed by atoms with Crippen LogP contribution >= 0.6 is 22.6 Å². The molecule has 2 N–H and O–H groups in total. The number of benzene rings is 2. The van der Waals surface area contributed by atoms with E-state index in [-0.39, 0.29) is 17.6 Å². The van der Waals surface area contributed by atoms with E-state index in [0.717, 1.165) is 14.7 Å². The average molecular weight is 371 g/mol. The first-order chi connectivity index (χ1) is 9.10. The van der Waals surface area contributed by atoms with Crippen molar-refractivity contribution in [1.82, 2.24) is 0 Å². The highest BCUT2D eigenvalue weighted by Gasteiger charge is 2.10. The molecule has 0 aliphatic rings. The van der Waals surface area contributed by atoms with Crippen LogP contribution in [-0.2, 0) is 6.42 Å². The summed E-state index contributed by atoms with van der Waals surface area (Å²) in [5.74, 6) is -0.0959. The molecule has 0 heterocycles. The number of ether oxygens (including phenoxy) is 1. The summed E-state index contributed by atoms with van der Waals surface area (Å²) < 4.78 is 19.6.